The summed E-state index contributed by atoms with van der Waals surface area (Å²) in [4.78, 5) is 12.0. The van der Waals surface area contributed by atoms with E-state index >= 15 is 0 Å². The molecular weight excluding hydrogens is 286 g/mol. The van der Waals surface area contributed by atoms with Crippen LogP contribution in [0.4, 0.5) is 0 Å². The zero-order chi connectivity index (χ0) is 16.0. The number of nitrogens with zero attached hydrogens (tertiary/aromatic N) is 1. The van der Waals surface area contributed by atoms with E-state index in [-0.39, 0.29) is 18.0 Å². The fourth-order valence-electron chi connectivity index (χ4n) is 3.88. The van der Waals surface area contributed by atoms with Gasteiger partial charge in [-0.1, -0.05) is 42.5 Å². The van der Waals surface area contributed by atoms with Crippen molar-refractivity contribution in [2.75, 3.05) is 7.05 Å². The van der Waals surface area contributed by atoms with E-state index in [0.717, 1.165) is 17.3 Å². The minimum absolute atomic E-state index is 0.139. The van der Waals surface area contributed by atoms with E-state index in [1.807, 2.05) is 31.3 Å². The zero-order valence-corrected chi connectivity index (χ0v) is 13.0. The highest BCUT2D eigenvalue weighted by atomic mass is 16.1. The van der Waals surface area contributed by atoms with Crippen molar-refractivity contribution >= 4 is 16.8 Å². The number of carbonyl (C=O) groups excluding carboxylic acids is 1. The lowest BCUT2D eigenvalue weighted by molar-refractivity contribution is 0.0989. The Morgan fingerprint density at radius 1 is 1.17 bits per heavy atom. The Bertz CT molecular complexity index is 897. The molecule has 0 fully saturated rings. The Balaban J connectivity index is 1.93. The van der Waals surface area contributed by atoms with Crippen molar-refractivity contribution in [3.05, 3.63) is 71.4 Å². The Labute approximate surface area is 134 Å². The average Bonchev–Trinajstić information content (AvgIpc) is 3.12. The molecule has 4 rings (SSSR count). The van der Waals surface area contributed by atoms with Crippen LogP contribution in [0.25, 0.3) is 10.9 Å². The molecule has 4 nitrogen and oxygen atoms in total. The summed E-state index contributed by atoms with van der Waals surface area (Å²) in [7, 11) is 1.97. The normalized spacial score (nSPS) is 19.9. The lowest BCUT2D eigenvalue weighted by atomic mass is 10.1. The predicted molar refractivity (Wildman–Crippen MR) is 91.4 cm³/mol. The molecule has 0 spiro atoms. The number of likely N-dealkylation sites (N-methyl/N-ethyl adjacent to an activating group) is 1. The summed E-state index contributed by atoms with van der Waals surface area (Å²) in [5, 5.41) is 4.46. The minimum Gasteiger partial charge on any atom is -0.364 e. The van der Waals surface area contributed by atoms with Crippen LogP contribution in [0.15, 0.2) is 54.6 Å². The van der Waals surface area contributed by atoms with Crippen molar-refractivity contribution in [1.29, 1.82) is 0 Å². The van der Waals surface area contributed by atoms with Crippen LogP contribution in [0.2, 0.25) is 0 Å². The van der Waals surface area contributed by atoms with Gasteiger partial charge in [-0.2, -0.15) is 0 Å². The molecule has 3 aromatic rings. The second kappa shape index (κ2) is 5.25. The molecule has 1 aliphatic carbocycles. The van der Waals surface area contributed by atoms with Crippen molar-refractivity contribution in [2.24, 2.45) is 5.73 Å². The second-order valence-corrected chi connectivity index (χ2v) is 6.06. The van der Waals surface area contributed by atoms with Crippen molar-refractivity contribution in [1.82, 2.24) is 9.88 Å². The van der Waals surface area contributed by atoms with Gasteiger partial charge in [0.05, 0.1) is 12.1 Å². The molecule has 0 radical (unpaired) electrons. The number of hydrogen-bond donors (Lipinski definition) is 2. The maximum Gasteiger partial charge on any atom is 0.265 e. The highest BCUT2D eigenvalue weighted by Gasteiger charge is 2.34. The standard InChI is InChI=1S/C19H19N3O/c1-21-18-14-8-4-2-6-12(14)10-16(18)22-15-9-5-3-7-13(15)11-17(22)19(20)23/h2-9,11,16,18,21H,10H2,1H3,(H2,20,23). The van der Waals surface area contributed by atoms with E-state index in [0.29, 0.717) is 5.69 Å². The first-order chi connectivity index (χ1) is 11.2. The van der Waals surface area contributed by atoms with Crippen LogP contribution in [-0.4, -0.2) is 17.5 Å². The SMILES string of the molecule is CNC1c2ccccc2CC1n1c(C(N)=O)cc2ccccc21. The van der Waals surface area contributed by atoms with Crippen LogP contribution in [-0.2, 0) is 6.42 Å². The molecule has 0 aliphatic heterocycles. The van der Waals surface area contributed by atoms with Gasteiger partial charge in [-0.3, -0.25) is 4.79 Å². The van der Waals surface area contributed by atoms with Crippen LogP contribution < -0.4 is 11.1 Å². The molecule has 1 amide bonds. The number of carbonyl (C=O) groups is 1. The van der Waals surface area contributed by atoms with Gasteiger partial charge < -0.3 is 15.6 Å². The molecule has 2 unspecified atom stereocenters. The highest BCUT2D eigenvalue weighted by Crippen LogP contribution is 2.41. The lowest BCUT2D eigenvalue weighted by Gasteiger charge is -2.24. The second-order valence-electron chi connectivity index (χ2n) is 6.06. The summed E-state index contributed by atoms with van der Waals surface area (Å²) >= 11 is 0. The molecule has 1 heterocycles. The third kappa shape index (κ3) is 2.06. The maximum absolute atomic E-state index is 12.0. The quantitative estimate of drug-likeness (QED) is 0.781. The number of amides is 1. The number of hydrogen-bond acceptors (Lipinski definition) is 2. The van der Waals surface area contributed by atoms with Crippen LogP contribution in [0, 0.1) is 0 Å². The van der Waals surface area contributed by atoms with Crippen molar-refractivity contribution < 1.29 is 4.79 Å². The number of nitrogens with two attached hydrogens (primary N) is 1. The van der Waals surface area contributed by atoms with Gasteiger partial charge in [0, 0.05) is 10.9 Å². The summed E-state index contributed by atoms with van der Waals surface area (Å²) in [6, 6.07) is 18.7. The first kappa shape index (κ1) is 14.0. The van der Waals surface area contributed by atoms with E-state index in [1.54, 1.807) is 0 Å². The number of fused-ring (bicyclic) bond motifs is 2. The maximum atomic E-state index is 12.0. The van der Waals surface area contributed by atoms with E-state index in [4.69, 9.17) is 5.73 Å². The molecule has 116 valence electrons. The van der Waals surface area contributed by atoms with Crippen molar-refractivity contribution in [3.8, 4) is 0 Å². The van der Waals surface area contributed by atoms with Crippen LogP contribution in [0.5, 0.6) is 0 Å². The van der Waals surface area contributed by atoms with Crippen molar-refractivity contribution in [2.45, 2.75) is 18.5 Å². The molecule has 0 saturated carbocycles. The summed E-state index contributed by atoms with van der Waals surface area (Å²) in [5.41, 5.74) is 9.91. The predicted octanol–water partition coefficient (Wildman–Crippen LogP) is 2.80. The Hall–Kier alpha value is -2.59. The van der Waals surface area contributed by atoms with E-state index in [2.05, 4.69) is 40.2 Å². The van der Waals surface area contributed by atoms with Crippen LogP contribution in [0.3, 0.4) is 0 Å². The number of benzene rings is 2. The molecule has 0 saturated heterocycles. The molecule has 0 bridgehead atoms. The van der Waals surface area contributed by atoms with E-state index < -0.39 is 0 Å². The Kier molecular flexibility index (Phi) is 3.20. The smallest absolute Gasteiger partial charge is 0.265 e. The molecule has 1 aromatic heterocycles. The molecule has 2 aromatic carbocycles. The van der Waals surface area contributed by atoms with Gasteiger partial charge >= 0.3 is 0 Å². The summed E-state index contributed by atoms with van der Waals surface area (Å²) in [5.74, 6) is -0.382. The first-order valence-corrected chi connectivity index (χ1v) is 7.85. The average molecular weight is 305 g/mol. The largest absolute Gasteiger partial charge is 0.364 e. The molecule has 1 aliphatic rings. The van der Waals surface area contributed by atoms with Gasteiger partial charge in [-0.05, 0) is 36.7 Å². The van der Waals surface area contributed by atoms with Gasteiger partial charge in [-0.15, -0.1) is 0 Å². The van der Waals surface area contributed by atoms with E-state index in [9.17, 15) is 4.79 Å². The molecule has 4 heteroatoms. The fraction of sp³-hybridized carbons (Fsp3) is 0.211. The molecule has 2 atom stereocenters. The van der Waals surface area contributed by atoms with Gasteiger partial charge in [0.2, 0.25) is 0 Å². The lowest BCUT2D eigenvalue weighted by Crippen LogP contribution is -2.28. The van der Waals surface area contributed by atoms with E-state index in [1.165, 1.54) is 11.1 Å². The Morgan fingerprint density at radius 2 is 1.91 bits per heavy atom. The zero-order valence-electron chi connectivity index (χ0n) is 13.0. The molecule has 3 N–H and O–H groups in total. The van der Waals surface area contributed by atoms with Gasteiger partial charge in [-0.25, -0.2) is 0 Å². The minimum atomic E-state index is -0.382. The Morgan fingerprint density at radius 3 is 2.70 bits per heavy atom. The summed E-state index contributed by atoms with van der Waals surface area (Å²) in [6.07, 6.45) is 0.890. The third-order valence-corrected chi connectivity index (χ3v) is 4.85. The highest BCUT2D eigenvalue weighted by molar-refractivity contribution is 5.98. The molecular formula is C19H19N3O. The number of rotatable bonds is 3. The topological polar surface area (TPSA) is 60.1 Å². The monoisotopic (exact) mass is 305 g/mol. The van der Waals surface area contributed by atoms with Gasteiger partial charge in [0.1, 0.15) is 5.69 Å². The third-order valence-electron chi connectivity index (χ3n) is 4.85. The number of aromatic nitrogens is 1. The van der Waals surface area contributed by atoms with Gasteiger partial charge in [0.25, 0.3) is 5.91 Å². The number of para-hydroxylation sites is 1. The summed E-state index contributed by atoms with van der Waals surface area (Å²) in [6.45, 7) is 0. The number of nitrogens with one attached hydrogen (secondary N) is 1. The van der Waals surface area contributed by atoms with Crippen LogP contribution >= 0.6 is 0 Å². The van der Waals surface area contributed by atoms with Gasteiger partial charge in [0.15, 0.2) is 0 Å². The van der Waals surface area contributed by atoms with Crippen LogP contribution in [0.1, 0.15) is 33.7 Å². The molecule has 23 heavy (non-hydrogen) atoms. The van der Waals surface area contributed by atoms with Crippen molar-refractivity contribution in [3.63, 3.8) is 0 Å². The first-order valence-electron chi connectivity index (χ1n) is 7.85. The number of primary amides is 1. The fourth-order valence-corrected chi connectivity index (χ4v) is 3.88. The summed E-state index contributed by atoms with van der Waals surface area (Å²) < 4.78 is 2.11.